The van der Waals surface area contributed by atoms with Crippen LogP contribution in [0, 0.1) is 18.3 Å². The van der Waals surface area contributed by atoms with Crippen LogP contribution in [0.1, 0.15) is 11.3 Å². The molecule has 0 N–H and O–H groups in total. The van der Waals surface area contributed by atoms with Gasteiger partial charge in [-0.2, -0.15) is 5.26 Å². The second kappa shape index (κ2) is 3.24. The molecule has 14 heavy (non-hydrogen) atoms. The van der Waals surface area contributed by atoms with Crippen LogP contribution in [-0.4, -0.2) is 9.97 Å². The van der Waals surface area contributed by atoms with Gasteiger partial charge in [-0.1, -0.05) is 11.6 Å². The third-order valence-corrected chi connectivity index (χ3v) is 2.29. The van der Waals surface area contributed by atoms with E-state index in [2.05, 4.69) is 9.97 Å². The van der Waals surface area contributed by atoms with Crippen LogP contribution >= 0.6 is 11.6 Å². The fourth-order valence-corrected chi connectivity index (χ4v) is 1.44. The number of pyridine rings is 2. The summed E-state index contributed by atoms with van der Waals surface area (Å²) < 4.78 is 0. The molecule has 0 aliphatic carbocycles. The lowest BCUT2D eigenvalue weighted by Crippen LogP contribution is -1.89. The highest BCUT2D eigenvalue weighted by molar-refractivity contribution is 6.35. The highest BCUT2D eigenvalue weighted by Gasteiger charge is 2.07. The van der Waals surface area contributed by atoms with Gasteiger partial charge < -0.3 is 0 Å². The maximum atomic E-state index is 8.74. The zero-order chi connectivity index (χ0) is 10.1. The molecule has 0 saturated heterocycles. The normalized spacial score (nSPS) is 10.1. The SMILES string of the molecule is Cc1ccc2ncc(C#N)c(Cl)c2n1. The molecule has 68 valence electrons. The number of fused-ring (bicyclic) bond motifs is 1. The number of hydrogen-bond acceptors (Lipinski definition) is 3. The van der Waals surface area contributed by atoms with E-state index in [1.54, 1.807) is 0 Å². The molecule has 0 atom stereocenters. The Morgan fingerprint density at radius 2 is 2.21 bits per heavy atom. The minimum absolute atomic E-state index is 0.359. The fraction of sp³-hybridized carbons (Fsp3) is 0.100. The first-order valence-corrected chi connectivity index (χ1v) is 4.42. The molecule has 0 bridgehead atoms. The van der Waals surface area contributed by atoms with E-state index < -0.39 is 0 Å². The summed E-state index contributed by atoms with van der Waals surface area (Å²) in [6.45, 7) is 1.87. The van der Waals surface area contributed by atoms with Crippen LogP contribution in [0.25, 0.3) is 11.0 Å². The summed E-state index contributed by atoms with van der Waals surface area (Å²) in [6, 6.07) is 5.67. The molecule has 0 amide bonds. The van der Waals surface area contributed by atoms with E-state index in [4.69, 9.17) is 16.9 Å². The summed E-state index contributed by atoms with van der Waals surface area (Å²) in [5.41, 5.74) is 2.51. The summed E-state index contributed by atoms with van der Waals surface area (Å²) in [6.07, 6.45) is 1.46. The van der Waals surface area contributed by atoms with Gasteiger partial charge in [-0.15, -0.1) is 0 Å². The van der Waals surface area contributed by atoms with Gasteiger partial charge in [-0.25, -0.2) is 4.98 Å². The molecular weight excluding hydrogens is 198 g/mol. The smallest absolute Gasteiger partial charge is 0.109 e. The molecule has 0 radical (unpaired) electrons. The van der Waals surface area contributed by atoms with Gasteiger partial charge in [0.15, 0.2) is 0 Å². The molecule has 0 fully saturated rings. The van der Waals surface area contributed by atoms with Crippen molar-refractivity contribution >= 4 is 22.6 Å². The van der Waals surface area contributed by atoms with Crippen molar-refractivity contribution in [2.75, 3.05) is 0 Å². The van der Waals surface area contributed by atoms with Crippen molar-refractivity contribution in [2.24, 2.45) is 0 Å². The molecule has 0 unspecified atom stereocenters. The van der Waals surface area contributed by atoms with Gasteiger partial charge in [0.05, 0.1) is 16.1 Å². The second-order valence-electron chi connectivity index (χ2n) is 2.92. The first-order valence-electron chi connectivity index (χ1n) is 4.04. The standard InChI is InChI=1S/C10H6ClN3/c1-6-2-3-8-10(14-6)9(11)7(4-12)5-13-8/h2-3,5H,1H3. The maximum absolute atomic E-state index is 8.74. The Balaban J connectivity index is 2.88. The van der Waals surface area contributed by atoms with Gasteiger partial charge in [0.1, 0.15) is 11.6 Å². The van der Waals surface area contributed by atoms with Gasteiger partial charge in [0.25, 0.3) is 0 Å². The third kappa shape index (κ3) is 1.30. The monoisotopic (exact) mass is 203 g/mol. The van der Waals surface area contributed by atoms with Crippen molar-refractivity contribution in [3.63, 3.8) is 0 Å². The van der Waals surface area contributed by atoms with Gasteiger partial charge >= 0.3 is 0 Å². The van der Waals surface area contributed by atoms with E-state index in [9.17, 15) is 0 Å². The molecule has 0 aliphatic rings. The summed E-state index contributed by atoms with van der Waals surface area (Å²) >= 11 is 5.99. The quantitative estimate of drug-likeness (QED) is 0.661. The van der Waals surface area contributed by atoms with Crippen molar-refractivity contribution < 1.29 is 0 Å². The average molecular weight is 204 g/mol. The summed E-state index contributed by atoms with van der Waals surface area (Å²) in [5, 5.41) is 9.12. The Kier molecular flexibility index (Phi) is 2.06. The van der Waals surface area contributed by atoms with Crippen molar-refractivity contribution in [2.45, 2.75) is 6.92 Å². The van der Waals surface area contributed by atoms with Crippen molar-refractivity contribution in [3.05, 3.63) is 34.6 Å². The lowest BCUT2D eigenvalue weighted by atomic mass is 10.2. The molecule has 2 rings (SSSR count). The Morgan fingerprint density at radius 3 is 2.93 bits per heavy atom. The van der Waals surface area contributed by atoms with Gasteiger partial charge in [0, 0.05) is 11.9 Å². The van der Waals surface area contributed by atoms with Gasteiger partial charge in [-0.05, 0) is 19.1 Å². The van der Waals surface area contributed by atoms with E-state index in [1.807, 2.05) is 25.1 Å². The zero-order valence-corrected chi connectivity index (χ0v) is 8.21. The average Bonchev–Trinajstić information content (AvgIpc) is 2.20. The van der Waals surface area contributed by atoms with Crippen LogP contribution in [-0.2, 0) is 0 Å². The van der Waals surface area contributed by atoms with E-state index >= 15 is 0 Å². The highest BCUT2D eigenvalue weighted by Crippen LogP contribution is 2.23. The van der Waals surface area contributed by atoms with Crippen LogP contribution in [0.15, 0.2) is 18.3 Å². The van der Waals surface area contributed by atoms with E-state index in [0.29, 0.717) is 21.6 Å². The number of halogens is 1. The van der Waals surface area contributed by atoms with Gasteiger partial charge in [-0.3, -0.25) is 4.98 Å². The Hall–Kier alpha value is -1.66. The first-order chi connectivity index (χ1) is 6.72. The third-order valence-electron chi connectivity index (χ3n) is 1.91. The molecule has 4 heteroatoms. The number of rotatable bonds is 0. The molecule has 3 nitrogen and oxygen atoms in total. The van der Waals surface area contributed by atoms with Crippen LogP contribution in [0.4, 0.5) is 0 Å². The molecule has 0 aliphatic heterocycles. The van der Waals surface area contributed by atoms with Crippen molar-refractivity contribution in [3.8, 4) is 6.07 Å². The lowest BCUT2D eigenvalue weighted by molar-refractivity contribution is 1.23. The molecular formula is C10H6ClN3. The summed E-state index contributed by atoms with van der Waals surface area (Å²) in [4.78, 5) is 8.32. The van der Waals surface area contributed by atoms with Crippen LogP contribution < -0.4 is 0 Å². The largest absolute Gasteiger partial charge is 0.253 e. The van der Waals surface area contributed by atoms with E-state index in [0.717, 1.165) is 5.69 Å². The minimum Gasteiger partial charge on any atom is -0.253 e. The van der Waals surface area contributed by atoms with Crippen LogP contribution in [0.2, 0.25) is 5.02 Å². The lowest BCUT2D eigenvalue weighted by Gasteiger charge is -2.01. The number of aromatic nitrogens is 2. The van der Waals surface area contributed by atoms with Crippen molar-refractivity contribution in [1.29, 1.82) is 5.26 Å². The topological polar surface area (TPSA) is 49.6 Å². The molecule has 0 saturated carbocycles. The molecule has 2 aromatic heterocycles. The Labute approximate surface area is 86.0 Å². The number of hydrogen-bond donors (Lipinski definition) is 0. The number of nitriles is 1. The molecule has 0 spiro atoms. The zero-order valence-electron chi connectivity index (χ0n) is 7.45. The van der Waals surface area contributed by atoms with Crippen LogP contribution in [0.3, 0.4) is 0 Å². The summed E-state index contributed by atoms with van der Waals surface area (Å²) in [5.74, 6) is 0. The Bertz CT molecular complexity index is 543. The van der Waals surface area contributed by atoms with Gasteiger partial charge in [0.2, 0.25) is 0 Å². The number of nitrogens with zero attached hydrogens (tertiary/aromatic N) is 3. The Morgan fingerprint density at radius 1 is 1.43 bits per heavy atom. The predicted octanol–water partition coefficient (Wildman–Crippen LogP) is 2.46. The van der Waals surface area contributed by atoms with Crippen molar-refractivity contribution in [1.82, 2.24) is 9.97 Å². The predicted molar refractivity (Wildman–Crippen MR) is 54.0 cm³/mol. The highest BCUT2D eigenvalue weighted by atomic mass is 35.5. The minimum atomic E-state index is 0.359. The molecule has 2 aromatic rings. The van der Waals surface area contributed by atoms with Crippen LogP contribution in [0.5, 0.6) is 0 Å². The number of aryl methyl sites for hydroxylation is 1. The van der Waals surface area contributed by atoms with E-state index in [-0.39, 0.29) is 0 Å². The first kappa shape index (κ1) is 8.92. The van der Waals surface area contributed by atoms with E-state index in [1.165, 1.54) is 6.20 Å². The maximum Gasteiger partial charge on any atom is 0.109 e. The second-order valence-corrected chi connectivity index (χ2v) is 3.30. The molecule has 2 heterocycles. The fourth-order valence-electron chi connectivity index (χ4n) is 1.21. The molecule has 0 aromatic carbocycles. The summed E-state index contributed by atoms with van der Waals surface area (Å²) in [7, 11) is 0.